The zero-order valence-electron chi connectivity index (χ0n) is 18.2. The van der Waals surface area contributed by atoms with Crippen LogP contribution in [-0.2, 0) is 11.2 Å². The van der Waals surface area contributed by atoms with Gasteiger partial charge >= 0.3 is 0 Å². The number of carbonyl (C=O) groups excluding carboxylic acids is 2. The number of fused-ring (bicyclic) bond motifs is 1. The molecular formula is C27H26N2O2S. The predicted octanol–water partition coefficient (Wildman–Crippen LogP) is 5.83. The molecule has 0 saturated carbocycles. The normalized spacial score (nSPS) is 15.1. The van der Waals surface area contributed by atoms with E-state index in [1.165, 1.54) is 22.9 Å². The monoisotopic (exact) mass is 442 g/mol. The minimum atomic E-state index is -0.156. The van der Waals surface area contributed by atoms with Crippen LogP contribution in [0.4, 0.5) is 5.69 Å². The minimum Gasteiger partial charge on any atom is -0.349 e. The van der Waals surface area contributed by atoms with Crippen LogP contribution in [0, 0.1) is 6.92 Å². The van der Waals surface area contributed by atoms with Crippen molar-refractivity contribution >= 4 is 35.3 Å². The summed E-state index contributed by atoms with van der Waals surface area (Å²) in [7, 11) is 0. The highest BCUT2D eigenvalue weighted by atomic mass is 32.2. The average molecular weight is 443 g/mol. The molecule has 0 aromatic heterocycles. The molecule has 0 fully saturated rings. The quantitative estimate of drug-likeness (QED) is 0.472. The first-order chi connectivity index (χ1) is 15.5. The number of thioether (sulfide) groups is 1. The molecule has 5 heteroatoms. The number of rotatable bonds is 6. The first-order valence-corrected chi connectivity index (χ1v) is 11.6. The molecule has 1 aliphatic rings. The summed E-state index contributed by atoms with van der Waals surface area (Å²) in [6, 6.07) is 23.7. The Morgan fingerprint density at radius 1 is 1.06 bits per heavy atom. The SMILES string of the molecule is CC[C@@H](Cc1ccccc1)NC(=O)c1ccc2c(c1)NC(=O)/C(=C\c1ccc(C)cc1)S2. The molecule has 2 N–H and O–H groups in total. The van der Waals surface area contributed by atoms with Gasteiger partial charge in [0.1, 0.15) is 0 Å². The van der Waals surface area contributed by atoms with Crippen LogP contribution in [0.1, 0.15) is 40.4 Å². The Labute approximate surface area is 193 Å². The fraction of sp³-hybridized carbons (Fsp3) is 0.185. The van der Waals surface area contributed by atoms with E-state index in [0.29, 0.717) is 16.2 Å². The van der Waals surface area contributed by atoms with Crippen LogP contribution in [0.5, 0.6) is 0 Å². The van der Waals surface area contributed by atoms with Gasteiger partial charge in [0.05, 0.1) is 10.6 Å². The van der Waals surface area contributed by atoms with Gasteiger partial charge in [-0.05, 0) is 55.2 Å². The van der Waals surface area contributed by atoms with Crippen LogP contribution in [0.3, 0.4) is 0 Å². The van der Waals surface area contributed by atoms with Crippen molar-refractivity contribution in [2.24, 2.45) is 0 Å². The second-order valence-corrected chi connectivity index (χ2v) is 9.04. The van der Waals surface area contributed by atoms with E-state index >= 15 is 0 Å². The third-order valence-electron chi connectivity index (χ3n) is 5.46. The third kappa shape index (κ3) is 5.29. The van der Waals surface area contributed by atoms with Gasteiger partial charge < -0.3 is 10.6 Å². The molecule has 4 nitrogen and oxygen atoms in total. The lowest BCUT2D eigenvalue weighted by molar-refractivity contribution is -0.112. The van der Waals surface area contributed by atoms with Crippen LogP contribution < -0.4 is 10.6 Å². The summed E-state index contributed by atoms with van der Waals surface area (Å²) in [6.45, 7) is 4.10. The topological polar surface area (TPSA) is 58.2 Å². The number of anilines is 1. The van der Waals surface area contributed by atoms with Crippen molar-refractivity contribution in [1.29, 1.82) is 0 Å². The maximum absolute atomic E-state index is 12.9. The van der Waals surface area contributed by atoms with E-state index in [1.807, 2.05) is 67.6 Å². The predicted molar refractivity (Wildman–Crippen MR) is 132 cm³/mol. The molecule has 0 radical (unpaired) electrons. The molecular weight excluding hydrogens is 416 g/mol. The fourth-order valence-corrected chi connectivity index (χ4v) is 4.51. The van der Waals surface area contributed by atoms with Crippen molar-refractivity contribution < 1.29 is 9.59 Å². The van der Waals surface area contributed by atoms with E-state index in [1.54, 1.807) is 6.07 Å². The highest BCUT2D eigenvalue weighted by Gasteiger charge is 2.23. The van der Waals surface area contributed by atoms with Gasteiger partial charge in [-0.15, -0.1) is 0 Å². The second-order valence-electron chi connectivity index (χ2n) is 7.95. The lowest BCUT2D eigenvalue weighted by atomic mass is 10.0. The summed E-state index contributed by atoms with van der Waals surface area (Å²) >= 11 is 1.42. The molecule has 3 aromatic rings. The molecule has 2 amide bonds. The summed E-state index contributed by atoms with van der Waals surface area (Å²) in [5.74, 6) is -0.285. The van der Waals surface area contributed by atoms with E-state index in [2.05, 4.69) is 29.7 Å². The van der Waals surface area contributed by atoms with Gasteiger partial charge in [0.25, 0.3) is 11.8 Å². The largest absolute Gasteiger partial charge is 0.349 e. The number of benzene rings is 3. The average Bonchev–Trinajstić information content (AvgIpc) is 2.81. The smallest absolute Gasteiger partial charge is 0.262 e. The molecule has 3 aromatic carbocycles. The summed E-state index contributed by atoms with van der Waals surface area (Å²) in [4.78, 5) is 27.1. The highest BCUT2D eigenvalue weighted by molar-refractivity contribution is 8.04. The van der Waals surface area contributed by atoms with E-state index in [9.17, 15) is 9.59 Å². The third-order valence-corrected chi connectivity index (χ3v) is 6.56. The molecule has 0 unspecified atom stereocenters. The highest BCUT2D eigenvalue weighted by Crippen LogP contribution is 2.39. The van der Waals surface area contributed by atoms with Crippen molar-refractivity contribution in [1.82, 2.24) is 5.32 Å². The maximum Gasteiger partial charge on any atom is 0.262 e. The molecule has 0 saturated heterocycles. The van der Waals surface area contributed by atoms with Gasteiger partial charge in [-0.2, -0.15) is 0 Å². The number of carbonyl (C=O) groups is 2. The number of aryl methyl sites for hydroxylation is 1. The number of hydrogen-bond donors (Lipinski definition) is 2. The van der Waals surface area contributed by atoms with E-state index in [4.69, 9.17) is 0 Å². The zero-order valence-corrected chi connectivity index (χ0v) is 19.0. The number of nitrogens with one attached hydrogen (secondary N) is 2. The van der Waals surface area contributed by atoms with Crippen molar-refractivity contribution in [3.8, 4) is 0 Å². The van der Waals surface area contributed by atoms with Crippen LogP contribution in [0.2, 0.25) is 0 Å². The summed E-state index contributed by atoms with van der Waals surface area (Å²) in [5, 5.41) is 6.06. The maximum atomic E-state index is 12.9. The molecule has 1 atom stereocenters. The van der Waals surface area contributed by atoms with Crippen molar-refractivity contribution in [2.45, 2.75) is 37.6 Å². The van der Waals surface area contributed by atoms with Gasteiger partial charge in [0.15, 0.2) is 0 Å². The molecule has 1 heterocycles. The Balaban J connectivity index is 1.47. The summed E-state index contributed by atoms with van der Waals surface area (Å²) < 4.78 is 0. The Morgan fingerprint density at radius 3 is 2.53 bits per heavy atom. The molecule has 1 aliphatic heterocycles. The first-order valence-electron chi connectivity index (χ1n) is 10.8. The standard InChI is InChI=1S/C27H26N2O2S/c1-3-22(15-19-7-5-4-6-8-19)28-26(30)21-13-14-24-23(17-21)29-27(31)25(32-24)16-20-11-9-18(2)10-12-20/h4-14,16-17,22H,3,15H2,1-2H3,(H,28,30)(H,29,31)/b25-16+/t22-/m0/s1. The van der Waals surface area contributed by atoms with Crippen LogP contribution >= 0.6 is 11.8 Å². The summed E-state index contributed by atoms with van der Waals surface area (Å²) in [5.41, 5.74) is 4.57. The Kier molecular flexibility index (Phi) is 6.76. The summed E-state index contributed by atoms with van der Waals surface area (Å²) in [6.07, 6.45) is 3.51. The van der Waals surface area contributed by atoms with Crippen LogP contribution in [-0.4, -0.2) is 17.9 Å². The Bertz CT molecular complexity index is 1150. The lowest BCUT2D eigenvalue weighted by Gasteiger charge is -2.21. The minimum absolute atomic E-state index is 0.0499. The van der Waals surface area contributed by atoms with Gasteiger partial charge in [-0.3, -0.25) is 9.59 Å². The second kappa shape index (κ2) is 9.88. The molecule has 0 spiro atoms. The Hall–Kier alpha value is -3.31. The van der Waals surface area contributed by atoms with Crippen molar-refractivity contribution in [3.63, 3.8) is 0 Å². The molecule has 0 bridgehead atoms. The number of amides is 2. The van der Waals surface area contributed by atoms with E-state index in [0.717, 1.165) is 23.3 Å². The lowest BCUT2D eigenvalue weighted by Crippen LogP contribution is -2.36. The molecule has 0 aliphatic carbocycles. The van der Waals surface area contributed by atoms with Gasteiger partial charge in [-0.25, -0.2) is 0 Å². The van der Waals surface area contributed by atoms with Crippen molar-refractivity contribution in [3.05, 3.63) is 100.0 Å². The van der Waals surface area contributed by atoms with Crippen LogP contribution in [0.25, 0.3) is 6.08 Å². The van der Waals surface area contributed by atoms with Gasteiger partial charge in [0, 0.05) is 16.5 Å². The fourth-order valence-electron chi connectivity index (χ4n) is 3.58. The molecule has 4 rings (SSSR count). The van der Waals surface area contributed by atoms with Gasteiger partial charge in [-0.1, -0.05) is 78.8 Å². The number of hydrogen-bond acceptors (Lipinski definition) is 3. The first kappa shape index (κ1) is 21.9. The van der Waals surface area contributed by atoms with Crippen molar-refractivity contribution in [2.75, 3.05) is 5.32 Å². The zero-order chi connectivity index (χ0) is 22.5. The van der Waals surface area contributed by atoms with Gasteiger partial charge in [0.2, 0.25) is 0 Å². The molecule has 162 valence electrons. The molecule has 32 heavy (non-hydrogen) atoms. The Morgan fingerprint density at radius 2 is 1.81 bits per heavy atom. The van der Waals surface area contributed by atoms with E-state index < -0.39 is 0 Å². The van der Waals surface area contributed by atoms with E-state index in [-0.39, 0.29) is 17.9 Å². The van der Waals surface area contributed by atoms with Crippen LogP contribution in [0.15, 0.2) is 82.6 Å².